The first kappa shape index (κ1) is 21.0. The monoisotopic (exact) mass is 452 g/mol. The molecule has 1 unspecified atom stereocenters. The lowest BCUT2D eigenvalue weighted by molar-refractivity contribution is -0.109. The lowest BCUT2D eigenvalue weighted by Gasteiger charge is -2.32. The van der Waals surface area contributed by atoms with Crippen LogP contribution in [0.4, 0.5) is 11.5 Å². The number of anilines is 2. The highest BCUT2D eigenvalue weighted by molar-refractivity contribution is 5.79. The number of pyridine rings is 1. The maximum absolute atomic E-state index is 11.8. The Kier molecular flexibility index (Phi) is 5.55. The van der Waals surface area contributed by atoms with Crippen LogP contribution in [0, 0.1) is 0 Å². The molecule has 1 saturated carbocycles. The van der Waals surface area contributed by atoms with Crippen molar-refractivity contribution in [2.24, 2.45) is 0 Å². The molecule has 172 valence electrons. The number of hydrogen-bond acceptors (Lipinski definition) is 7. The normalized spacial score (nSPS) is 20.4. The first-order chi connectivity index (χ1) is 16.8. The van der Waals surface area contributed by atoms with Crippen molar-refractivity contribution in [1.82, 2.24) is 25.2 Å². The van der Waals surface area contributed by atoms with Gasteiger partial charge in [0.15, 0.2) is 0 Å². The molecule has 0 amide bonds. The topological polar surface area (TPSA) is 83.0 Å². The van der Waals surface area contributed by atoms with Gasteiger partial charge in [0.05, 0.1) is 5.69 Å². The number of benzene rings is 1. The van der Waals surface area contributed by atoms with Gasteiger partial charge in [-0.2, -0.15) is 0 Å². The van der Waals surface area contributed by atoms with Crippen LogP contribution in [0.3, 0.4) is 0 Å². The zero-order valence-electron chi connectivity index (χ0n) is 19.0. The fourth-order valence-corrected chi connectivity index (χ4v) is 5.16. The second-order valence-electron chi connectivity index (χ2n) is 9.39. The summed E-state index contributed by atoms with van der Waals surface area (Å²) < 4.78 is 0. The van der Waals surface area contributed by atoms with E-state index >= 15 is 0 Å². The van der Waals surface area contributed by atoms with Gasteiger partial charge in [-0.25, -0.2) is 15.0 Å². The molecule has 4 heterocycles. The van der Waals surface area contributed by atoms with E-state index in [0.717, 1.165) is 40.4 Å². The molecule has 3 aliphatic rings. The third-order valence-electron chi connectivity index (χ3n) is 7.17. The van der Waals surface area contributed by atoms with Crippen molar-refractivity contribution in [1.29, 1.82) is 0 Å². The summed E-state index contributed by atoms with van der Waals surface area (Å²) >= 11 is 0. The quantitative estimate of drug-likeness (QED) is 0.535. The molecule has 2 N–H and O–H groups in total. The summed E-state index contributed by atoms with van der Waals surface area (Å²) in [5, 5.41) is 6.60. The van der Waals surface area contributed by atoms with E-state index in [1.165, 1.54) is 50.7 Å². The Morgan fingerprint density at radius 2 is 1.79 bits per heavy atom. The Morgan fingerprint density at radius 3 is 2.50 bits per heavy atom. The summed E-state index contributed by atoms with van der Waals surface area (Å²) in [4.78, 5) is 27.6. The third kappa shape index (κ3) is 4.19. The molecule has 1 aromatic carbocycles. The average molecular weight is 453 g/mol. The number of hydrogen-bond donors (Lipinski definition) is 2. The Balaban J connectivity index is 1.26. The number of aromatic nitrogens is 3. The van der Waals surface area contributed by atoms with E-state index in [-0.39, 0.29) is 0 Å². The molecule has 7 heteroatoms. The van der Waals surface area contributed by atoms with Crippen LogP contribution in [0.25, 0.3) is 17.3 Å². The Bertz CT molecular complexity index is 1200. The van der Waals surface area contributed by atoms with Crippen LogP contribution < -0.4 is 10.6 Å². The number of aldehydes is 1. The first-order valence-electron chi connectivity index (χ1n) is 12.1. The van der Waals surface area contributed by atoms with Crippen LogP contribution in [0.1, 0.15) is 54.3 Å². The fourth-order valence-electron chi connectivity index (χ4n) is 5.16. The van der Waals surface area contributed by atoms with Crippen molar-refractivity contribution in [2.75, 3.05) is 18.4 Å². The second-order valence-corrected chi connectivity index (χ2v) is 9.39. The Morgan fingerprint density at radius 1 is 1.03 bits per heavy atom. The van der Waals surface area contributed by atoms with Crippen LogP contribution in [-0.4, -0.2) is 45.3 Å². The zero-order valence-corrected chi connectivity index (χ0v) is 19.0. The smallest absolute Gasteiger partial charge is 0.146 e. The van der Waals surface area contributed by atoms with E-state index in [2.05, 4.69) is 49.8 Å². The van der Waals surface area contributed by atoms with E-state index in [4.69, 9.17) is 4.98 Å². The van der Waals surface area contributed by atoms with E-state index in [0.29, 0.717) is 11.7 Å². The highest BCUT2D eigenvalue weighted by Crippen LogP contribution is 2.36. The maximum atomic E-state index is 11.8. The summed E-state index contributed by atoms with van der Waals surface area (Å²) in [7, 11) is 0. The summed E-state index contributed by atoms with van der Waals surface area (Å²) in [6, 6.07) is 11.1. The van der Waals surface area contributed by atoms with Crippen molar-refractivity contribution in [3.05, 3.63) is 71.9 Å². The minimum Gasteiger partial charge on any atom is -0.378 e. The number of likely N-dealkylation sites (tertiary alicyclic amines) is 1. The lowest BCUT2D eigenvalue weighted by atomic mass is 9.89. The summed E-state index contributed by atoms with van der Waals surface area (Å²) in [6.45, 7) is 2.43. The lowest BCUT2D eigenvalue weighted by Crippen LogP contribution is -2.34. The Labute approximate surface area is 199 Å². The van der Waals surface area contributed by atoms with Crippen molar-refractivity contribution < 1.29 is 4.79 Å². The molecular formula is C27H28N6O. The van der Waals surface area contributed by atoms with Gasteiger partial charge in [-0.15, -0.1) is 0 Å². The molecule has 3 aromatic rings. The van der Waals surface area contributed by atoms with E-state index in [1.807, 2.05) is 12.1 Å². The first-order valence-corrected chi connectivity index (χ1v) is 12.1. The minimum atomic E-state index is -0.452. The molecule has 34 heavy (non-hydrogen) atoms. The van der Waals surface area contributed by atoms with Gasteiger partial charge >= 0.3 is 0 Å². The number of carbonyl (C=O) groups is 1. The predicted octanol–water partition coefficient (Wildman–Crippen LogP) is 4.44. The van der Waals surface area contributed by atoms with E-state index in [1.54, 1.807) is 18.6 Å². The van der Waals surface area contributed by atoms with Gasteiger partial charge in [-0.05, 0) is 86.3 Å². The number of fused-ring (bicyclic) bond motifs is 1. The molecule has 0 spiro atoms. The molecule has 6 rings (SSSR count). The van der Waals surface area contributed by atoms with Crippen molar-refractivity contribution >= 4 is 23.9 Å². The van der Waals surface area contributed by atoms with Crippen LogP contribution >= 0.6 is 0 Å². The summed E-state index contributed by atoms with van der Waals surface area (Å²) in [6.07, 6.45) is 14.9. The maximum Gasteiger partial charge on any atom is 0.146 e. The largest absolute Gasteiger partial charge is 0.378 e. The summed E-state index contributed by atoms with van der Waals surface area (Å²) in [5.41, 5.74) is 5.74. The van der Waals surface area contributed by atoms with Crippen molar-refractivity contribution in [3.63, 3.8) is 0 Å². The predicted molar refractivity (Wildman–Crippen MR) is 133 cm³/mol. The highest BCUT2D eigenvalue weighted by atomic mass is 16.1. The number of rotatable bonds is 6. The SMILES string of the molecule is O=CC1NC=Cc2cc(-c3cncnc3)nc(Nc3ccc(C4CCN(C5CC5)CC4)cc3)c21. The summed E-state index contributed by atoms with van der Waals surface area (Å²) in [5.74, 6) is 1.29. The molecule has 2 aliphatic heterocycles. The van der Waals surface area contributed by atoms with Crippen LogP contribution in [0.2, 0.25) is 0 Å². The van der Waals surface area contributed by atoms with Gasteiger partial charge in [0, 0.05) is 35.2 Å². The van der Waals surface area contributed by atoms with Crippen LogP contribution in [0.5, 0.6) is 0 Å². The number of nitrogens with zero attached hydrogens (tertiary/aromatic N) is 4. The highest BCUT2D eigenvalue weighted by Gasteiger charge is 2.32. The molecule has 1 saturated heterocycles. The van der Waals surface area contributed by atoms with E-state index < -0.39 is 6.04 Å². The number of piperidine rings is 1. The molecule has 2 fully saturated rings. The molecule has 1 atom stereocenters. The van der Waals surface area contributed by atoms with E-state index in [9.17, 15) is 4.79 Å². The van der Waals surface area contributed by atoms with Gasteiger partial charge in [0.1, 0.15) is 24.5 Å². The molecule has 7 nitrogen and oxygen atoms in total. The van der Waals surface area contributed by atoms with Crippen LogP contribution in [-0.2, 0) is 4.79 Å². The average Bonchev–Trinajstić information content (AvgIpc) is 3.75. The van der Waals surface area contributed by atoms with Crippen molar-refractivity contribution in [3.8, 4) is 11.3 Å². The third-order valence-corrected chi connectivity index (χ3v) is 7.17. The van der Waals surface area contributed by atoms with Crippen LogP contribution in [0.15, 0.2) is 55.3 Å². The molecule has 1 aliphatic carbocycles. The second kappa shape index (κ2) is 8.99. The number of nitrogens with one attached hydrogen (secondary N) is 2. The molecule has 0 radical (unpaired) electrons. The molecule has 2 aromatic heterocycles. The van der Waals surface area contributed by atoms with Gasteiger partial charge in [0.2, 0.25) is 0 Å². The van der Waals surface area contributed by atoms with Gasteiger partial charge in [-0.3, -0.25) is 0 Å². The van der Waals surface area contributed by atoms with Gasteiger partial charge in [0.25, 0.3) is 0 Å². The molecular weight excluding hydrogens is 424 g/mol. The zero-order chi connectivity index (χ0) is 22.9. The van der Waals surface area contributed by atoms with Gasteiger partial charge < -0.3 is 20.3 Å². The molecule has 0 bridgehead atoms. The van der Waals surface area contributed by atoms with Gasteiger partial charge in [-0.1, -0.05) is 12.1 Å². The standard InChI is InChI=1S/C27H28N6O/c34-16-25-26-20(7-10-30-25)13-24(21-14-28-17-29-15-21)32-27(26)31-22-3-1-18(2-4-22)19-8-11-33(12-9-19)23-5-6-23/h1-4,7,10,13-17,19,23,25,30H,5-6,8-9,11-12H2,(H,31,32). The fraction of sp³-hybridized carbons (Fsp3) is 0.333. The Hall–Kier alpha value is -3.58. The number of carbonyl (C=O) groups excluding carboxylic acids is 1. The minimum absolute atomic E-state index is 0.452. The van der Waals surface area contributed by atoms with Crippen molar-refractivity contribution in [2.45, 2.75) is 43.7 Å².